The number of amides is 2. The van der Waals surface area contributed by atoms with Gasteiger partial charge in [-0.3, -0.25) is 4.79 Å². The molecule has 112 valence electrons. The number of nitrogens with one attached hydrogen (secondary N) is 1. The third kappa shape index (κ3) is 2.50. The van der Waals surface area contributed by atoms with Gasteiger partial charge in [-0.25, -0.2) is 4.79 Å². The first-order valence-corrected chi connectivity index (χ1v) is 7.80. The van der Waals surface area contributed by atoms with Crippen LogP contribution in [0.4, 0.5) is 4.79 Å². The summed E-state index contributed by atoms with van der Waals surface area (Å²) in [4.78, 5) is 24.9. The molecule has 5 atom stereocenters. The van der Waals surface area contributed by atoms with Crippen LogP contribution in [0.5, 0.6) is 0 Å². The molecule has 2 saturated carbocycles. The standard InChI is InChI=1S/C15H24N2O3/c1-9-7-17(8-13(9)14(18)19)15(20)16-6-12-5-10-2-3-11(12)4-10/h9-13H,2-8H2,1H3,(H,16,20)(H,18,19)/t9-,10?,11?,12?,13-/m1/s1. The Morgan fingerprint density at radius 1 is 1.25 bits per heavy atom. The van der Waals surface area contributed by atoms with Crippen LogP contribution in [0, 0.1) is 29.6 Å². The minimum absolute atomic E-state index is 0.0424. The van der Waals surface area contributed by atoms with E-state index in [1.165, 1.54) is 25.7 Å². The molecule has 1 aliphatic heterocycles. The Morgan fingerprint density at radius 2 is 2.05 bits per heavy atom. The predicted octanol–water partition coefficient (Wildman–Crippen LogP) is 1.78. The Morgan fingerprint density at radius 3 is 2.60 bits per heavy atom. The van der Waals surface area contributed by atoms with Crippen molar-refractivity contribution in [2.24, 2.45) is 29.6 Å². The number of likely N-dealkylation sites (tertiary alicyclic amines) is 1. The summed E-state index contributed by atoms with van der Waals surface area (Å²) in [6.45, 7) is 3.57. The zero-order chi connectivity index (χ0) is 14.3. The molecule has 2 bridgehead atoms. The quantitative estimate of drug-likeness (QED) is 0.828. The number of hydrogen-bond donors (Lipinski definition) is 2. The summed E-state index contributed by atoms with van der Waals surface area (Å²) < 4.78 is 0. The van der Waals surface area contributed by atoms with Crippen molar-refractivity contribution in [3.05, 3.63) is 0 Å². The summed E-state index contributed by atoms with van der Waals surface area (Å²) >= 11 is 0. The van der Waals surface area contributed by atoms with Gasteiger partial charge in [-0.05, 0) is 42.9 Å². The Bertz CT molecular complexity index is 412. The Kier molecular flexibility index (Phi) is 3.61. The molecule has 0 aromatic rings. The first kappa shape index (κ1) is 13.7. The smallest absolute Gasteiger partial charge is 0.317 e. The molecule has 5 heteroatoms. The van der Waals surface area contributed by atoms with Crippen molar-refractivity contribution in [2.75, 3.05) is 19.6 Å². The number of nitrogens with zero attached hydrogens (tertiary/aromatic N) is 1. The van der Waals surface area contributed by atoms with Gasteiger partial charge < -0.3 is 15.3 Å². The van der Waals surface area contributed by atoms with Gasteiger partial charge in [0.2, 0.25) is 0 Å². The van der Waals surface area contributed by atoms with Crippen LogP contribution >= 0.6 is 0 Å². The van der Waals surface area contributed by atoms with Crippen LogP contribution in [0.15, 0.2) is 0 Å². The number of carboxylic acids is 1. The summed E-state index contributed by atoms with van der Waals surface area (Å²) in [5.74, 6) is 1.19. The van der Waals surface area contributed by atoms with Gasteiger partial charge in [0.25, 0.3) is 0 Å². The minimum atomic E-state index is -0.791. The lowest BCUT2D eigenvalue weighted by molar-refractivity contribution is -0.142. The molecule has 2 aliphatic carbocycles. The van der Waals surface area contributed by atoms with E-state index in [1.54, 1.807) is 4.90 Å². The maximum Gasteiger partial charge on any atom is 0.317 e. The first-order valence-electron chi connectivity index (χ1n) is 7.80. The van der Waals surface area contributed by atoms with Gasteiger partial charge >= 0.3 is 12.0 Å². The number of aliphatic carboxylic acids is 1. The molecular weight excluding hydrogens is 256 g/mol. The van der Waals surface area contributed by atoms with Crippen molar-refractivity contribution >= 4 is 12.0 Å². The molecule has 0 spiro atoms. The highest BCUT2D eigenvalue weighted by atomic mass is 16.4. The highest BCUT2D eigenvalue weighted by Gasteiger charge is 2.40. The van der Waals surface area contributed by atoms with Crippen LogP contribution in [0.2, 0.25) is 0 Å². The molecule has 1 heterocycles. The van der Waals surface area contributed by atoms with E-state index < -0.39 is 11.9 Å². The maximum absolute atomic E-state index is 12.1. The fourth-order valence-corrected chi connectivity index (χ4v) is 4.41. The third-order valence-electron chi connectivity index (χ3n) is 5.62. The van der Waals surface area contributed by atoms with Crippen molar-refractivity contribution in [3.8, 4) is 0 Å². The van der Waals surface area contributed by atoms with E-state index in [-0.39, 0.29) is 11.9 Å². The number of hydrogen-bond acceptors (Lipinski definition) is 2. The van der Waals surface area contributed by atoms with Crippen LogP contribution in [0.1, 0.15) is 32.6 Å². The molecule has 0 aromatic heterocycles. The maximum atomic E-state index is 12.1. The number of carbonyl (C=O) groups is 2. The van der Waals surface area contributed by atoms with Gasteiger partial charge in [0, 0.05) is 19.6 Å². The zero-order valence-electron chi connectivity index (χ0n) is 12.0. The number of carboxylic acid groups (broad SMARTS) is 1. The first-order chi connectivity index (χ1) is 9.54. The zero-order valence-corrected chi connectivity index (χ0v) is 12.0. The molecule has 1 saturated heterocycles. The normalized spacial score (nSPS) is 39.2. The molecule has 3 unspecified atom stereocenters. The summed E-state index contributed by atoms with van der Waals surface area (Å²) in [6, 6.07) is -0.0802. The lowest BCUT2D eigenvalue weighted by Gasteiger charge is -2.24. The number of urea groups is 1. The average molecular weight is 280 g/mol. The lowest BCUT2D eigenvalue weighted by Crippen LogP contribution is -2.41. The number of carbonyl (C=O) groups excluding carboxylic acids is 1. The summed E-state index contributed by atoms with van der Waals surface area (Å²) in [7, 11) is 0. The average Bonchev–Trinajstić information content (AvgIpc) is 3.09. The van der Waals surface area contributed by atoms with E-state index in [1.807, 2.05) is 6.92 Å². The second-order valence-corrected chi connectivity index (χ2v) is 6.95. The van der Waals surface area contributed by atoms with Gasteiger partial charge in [-0.2, -0.15) is 0 Å². The monoisotopic (exact) mass is 280 g/mol. The predicted molar refractivity (Wildman–Crippen MR) is 74.2 cm³/mol. The largest absolute Gasteiger partial charge is 0.481 e. The van der Waals surface area contributed by atoms with Gasteiger partial charge in [-0.15, -0.1) is 0 Å². The minimum Gasteiger partial charge on any atom is -0.481 e. The SMILES string of the molecule is C[C@@H]1CN(C(=O)NCC2CC3CCC2C3)C[C@H]1C(=O)O. The van der Waals surface area contributed by atoms with Gasteiger partial charge in [0.15, 0.2) is 0 Å². The molecule has 3 aliphatic rings. The van der Waals surface area contributed by atoms with E-state index in [9.17, 15) is 9.59 Å². The highest BCUT2D eigenvalue weighted by molar-refractivity contribution is 5.77. The van der Waals surface area contributed by atoms with Gasteiger partial charge in [0.1, 0.15) is 0 Å². The van der Waals surface area contributed by atoms with E-state index >= 15 is 0 Å². The Balaban J connectivity index is 1.47. The van der Waals surface area contributed by atoms with Crippen molar-refractivity contribution in [3.63, 3.8) is 0 Å². The van der Waals surface area contributed by atoms with Crippen molar-refractivity contribution in [1.82, 2.24) is 10.2 Å². The summed E-state index contributed by atoms with van der Waals surface area (Å²) in [5, 5.41) is 12.1. The Labute approximate surface area is 119 Å². The molecule has 5 nitrogen and oxygen atoms in total. The van der Waals surface area contributed by atoms with Crippen molar-refractivity contribution in [2.45, 2.75) is 32.6 Å². The van der Waals surface area contributed by atoms with Crippen LogP contribution in [-0.2, 0) is 4.79 Å². The molecule has 0 radical (unpaired) electrons. The van der Waals surface area contributed by atoms with Crippen LogP contribution < -0.4 is 5.32 Å². The number of rotatable bonds is 3. The van der Waals surface area contributed by atoms with E-state index in [0.29, 0.717) is 19.0 Å². The van der Waals surface area contributed by atoms with E-state index in [0.717, 1.165) is 18.4 Å². The fourth-order valence-electron chi connectivity index (χ4n) is 4.41. The molecule has 0 aromatic carbocycles. The molecule has 3 rings (SSSR count). The summed E-state index contributed by atoms with van der Waals surface area (Å²) in [5.41, 5.74) is 0. The van der Waals surface area contributed by atoms with Gasteiger partial charge in [0.05, 0.1) is 5.92 Å². The molecule has 20 heavy (non-hydrogen) atoms. The van der Waals surface area contributed by atoms with E-state index in [4.69, 9.17) is 5.11 Å². The van der Waals surface area contributed by atoms with Crippen molar-refractivity contribution < 1.29 is 14.7 Å². The third-order valence-corrected chi connectivity index (χ3v) is 5.62. The van der Waals surface area contributed by atoms with Crippen LogP contribution in [0.3, 0.4) is 0 Å². The second-order valence-electron chi connectivity index (χ2n) is 6.95. The Hall–Kier alpha value is -1.26. The molecule has 2 N–H and O–H groups in total. The van der Waals surface area contributed by atoms with Crippen LogP contribution in [0.25, 0.3) is 0 Å². The molecule has 2 amide bonds. The van der Waals surface area contributed by atoms with Crippen molar-refractivity contribution in [1.29, 1.82) is 0 Å². The number of fused-ring (bicyclic) bond motifs is 2. The summed E-state index contributed by atoms with van der Waals surface area (Å²) in [6.07, 6.45) is 5.31. The van der Waals surface area contributed by atoms with Gasteiger partial charge in [-0.1, -0.05) is 13.3 Å². The fraction of sp³-hybridized carbons (Fsp3) is 0.867. The highest BCUT2D eigenvalue weighted by Crippen LogP contribution is 2.47. The molecular formula is C15H24N2O3. The van der Waals surface area contributed by atoms with Crippen LogP contribution in [-0.4, -0.2) is 41.6 Å². The van der Waals surface area contributed by atoms with E-state index in [2.05, 4.69) is 5.32 Å². The lowest BCUT2D eigenvalue weighted by atomic mass is 9.89. The topological polar surface area (TPSA) is 69.6 Å². The molecule has 3 fully saturated rings. The second kappa shape index (κ2) is 5.26.